The Hall–Kier alpha value is -1.08. The van der Waals surface area contributed by atoms with E-state index in [1.807, 2.05) is 30.0 Å². The minimum absolute atomic E-state index is 0.0711. The van der Waals surface area contributed by atoms with E-state index < -0.39 is 9.84 Å². The lowest BCUT2D eigenvalue weighted by molar-refractivity contribution is 0.541. The van der Waals surface area contributed by atoms with Gasteiger partial charge in [-0.05, 0) is 20.8 Å². The molecule has 0 bridgehead atoms. The summed E-state index contributed by atoms with van der Waals surface area (Å²) in [7, 11) is -3.07. The first-order valence-electron chi connectivity index (χ1n) is 6.96. The molecule has 0 fully saturated rings. The molecule has 0 radical (unpaired) electrons. The minimum Gasteiger partial charge on any atom is -0.309 e. The van der Waals surface area contributed by atoms with E-state index in [1.165, 1.54) is 6.26 Å². The fourth-order valence-electron chi connectivity index (χ4n) is 2.69. The Bertz CT molecular complexity index is 748. The van der Waals surface area contributed by atoms with Crippen LogP contribution in [0.1, 0.15) is 31.4 Å². The van der Waals surface area contributed by atoms with Crippen molar-refractivity contribution >= 4 is 32.6 Å². The summed E-state index contributed by atoms with van der Waals surface area (Å²) < 4.78 is 27.1. The smallest absolute Gasteiger partial charge is 0.159 e. The third-order valence-corrected chi connectivity index (χ3v) is 4.70. The van der Waals surface area contributed by atoms with Crippen LogP contribution in [0.25, 0.3) is 11.2 Å². The Morgan fingerprint density at radius 1 is 1.38 bits per heavy atom. The van der Waals surface area contributed by atoms with Crippen molar-refractivity contribution in [2.75, 3.05) is 17.9 Å². The molecular formula is C13H21ClN4O2S. The van der Waals surface area contributed by atoms with Crippen molar-refractivity contribution in [2.24, 2.45) is 0 Å². The number of aryl methyl sites for hydroxylation is 3. The van der Waals surface area contributed by atoms with E-state index in [0.29, 0.717) is 18.8 Å². The first kappa shape index (κ1) is 16.3. The molecule has 0 aliphatic heterocycles. The monoisotopic (exact) mass is 332 g/mol. The van der Waals surface area contributed by atoms with E-state index in [0.717, 1.165) is 22.7 Å². The van der Waals surface area contributed by atoms with E-state index in [-0.39, 0.29) is 11.8 Å². The van der Waals surface area contributed by atoms with Crippen molar-refractivity contribution in [3.63, 3.8) is 0 Å². The van der Waals surface area contributed by atoms with Gasteiger partial charge in [0.15, 0.2) is 5.65 Å². The van der Waals surface area contributed by atoms with Gasteiger partial charge in [-0.15, -0.1) is 11.6 Å². The zero-order chi connectivity index (χ0) is 15.8. The van der Waals surface area contributed by atoms with E-state index >= 15 is 0 Å². The highest BCUT2D eigenvalue weighted by Gasteiger charge is 2.23. The summed E-state index contributed by atoms with van der Waals surface area (Å²) in [6.45, 7) is 6.52. The topological polar surface area (TPSA) is 69.8 Å². The molecule has 0 amide bonds. The molecule has 1 atom stereocenters. The molecule has 0 aliphatic carbocycles. The van der Waals surface area contributed by atoms with Gasteiger partial charge in [0.25, 0.3) is 0 Å². The van der Waals surface area contributed by atoms with Crippen molar-refractivity contribution < 1.29 is 8.42 Å². The second-order valence-electron chi connectivity index (χ2n) is 5.35. The number of fused-ring (bicyclic) bond motifs is 1. The summed E-state index contributed by atoms with van der Waals surface area (Å²) in [5, 5.41) is 4.46. The summed E-state index contributed by atoms with van der Waals surface area (Å²) in [4.78, 5) is 4.62. The highest BCUT2D eigenvalue weighted by Crippen LogP contribution is 2.25. The second kappa shape index (κ2) is 5.96. The average Bonchev–Trinajstić information content (AvgIpc) is 2.86. The van der Waals surface area contributed by atoms with Gasteiger partial charge in [-0.2, -0.15) is 5.10 Å². The highest BCUT2D eigenvalue weighted by atomic mass is 35.5. The standard InChI is InChI=1S/C13H21ClN4O2S/c1-5-17-13-12(10(3)16-17)15-11(6-7-14)18(13)9(2)8-21(4,19)20/h9H,5-8H2,1-4H3. The van der Waals surface area contributed by atoms with Crippen molar-refractivity contribution in [3.05, 3.63) is 11.5 Å². The van der Waals surface area contributed by atoms with Crippen LogP contribution in [0.5, 0.6) is 0 Å². The van der Waals surface area contributed by atoms with Gasteiger partial charge in [-0.1, -0.05) is 0 Å². The van der Waals surface area contributed by atoms with Gasteiger partial charge < -0.3 is 4.57 Å². The Labute approximate surface area is 130 Å². The van der Waals surface area contributed by atoms with Gasteiger partial charge in [-0.25, -0.2) is 18.1 Å². The molecular weight excluding hydrogens is 312 g/mol. The van der Waals surface area contributed by atoms with Crippen LogP contribution in [-0.4, -0.2) is 45.6 Å². The van der Waals surface area contributed by atoms with Crippen LogP contribution in [0, 0.1) is 6.92 Å². The van der Waals surface area contributed by atoms with Crippen LogP contribution in [0.4, 0.5) is 0 Å². The fraction of sp³-hybridized carbons (Fsp3) is 0.692. The summed E-state index contributed by atoms with van der Waals surface area (Å²) in [5.74, 6) is 1.34. The maximum atomic E-state index is 11.6. The zero-order valence-corrected chi connectivity index (χ0v) is 14.4. The molecule has 118 valence electrons. The molecule has 0 spiro atoms. The van der Waals surface area contributed by atoms with E-state index in [4.69, 9.17) is 11.6 Å². The van der Waals surface area contributed by atoms with Gasteiger partial charge in [0.2, 0.25) is 0 Å². The first-order valence-corrected chi connectivity index (χ1v) is 9.55. The molecule has 0 saturated carbocycles. The van der Waals surface area contributed by atoms with Gasteiger partial charge in [0.05, 0.1) is 11.4 Å². The molecule has 21 heavy (non-hydrogen) atoms. The Kier molecular flexibility index (Phi) is 4.63. The van der Waals surface area contributed by atoms with Crippen LogP contribution in [-0.2, 0) is 22.8 Å². The molecule has 0 saturated heterocycles. The van der Waals surface area contributed by atoms with Crippen molar-refractivity contribution in [3.8, 4) is 0 Å². The van der Waals surface area contributed by atoms with Gasteiger partial charge in [0, 0.05) is 31.1 Å². The van der Waals surface area contributed by atoms with Gasteiger partial charge in [0.1, 0.15) is 21.2 Å². The SMILES string of the molecule is CCn1nc(C)c2nc(CCCl)n(C(C)CS(C)(=O)=O)c21. The Balaban J connectivity index is 2.64. The largest absolute Gasteiger partial charge is 0.309 e. The zero-order valence-electron chi connectivity index (χ0n) is 12.8. The number of hydrogen-bond donors (Lipinski definition) is 0. The molecule has 8 heteroatoms. The summed E-state index contributed by atoms with van der Waals surface area (Å²) in [5.41, 5.74) is 2.57. The molecule has 2 aromatic heterocycles. The normalized spacial score (nSPS) is 14.0. The van der Waals surface area contributed by atoms with Crippen LogP contribution in [0.15, 0.2) is 0 Å². The van der Waals surface area contributed by atoms with Crippen molar-refractivity contribution in [2.45, 2.75) is 39.8 Å². The third-order valence-electron chi connectivity index (χ3n) is 3.42. The molecule has 0 aliphatic rings. The van der Waals surface area contributed by atoms with Crippen molar-refractivity contribution in [1.82, 2.24) is 19.3 Å². The van der Waals surface area contributed by atoms with Gasteiger partial charge >= 0.3 is 0 Å². The number of sulfone groups is 1. The maximum absolute atomic E-state index is 11.6. The quantitative estimate of drug-likeness (QED) is 0.758. The van der Waals surface area contributed by atoms with Crippen LogP contribution < -0.4 is 0 Å². The molecule has 0 aromatic carbocycles. The van der Waals surface area contributed by atoms with Crippen LogP contribution >= 0.6 is 11.6 Å². The van der Waals surface area contributed by atoms with E-state index in [2.05, 4.69) is 10.1 Å². The predicted molar refractivity (Wildman–Crippen MR) is 84.8 cm³/mol. The molecule has 1 unspecified atom stereocenters. The molecule has 0 N–H and O–H groups in total. The minimum atomic E-state index is -3.07. The Morgan fingerprint density at radius 3 is 2.57 bits per heavy atom. The lowest BCUT2D eigenvalue weighted by Crippen LogP contribution is -2.20. The van der Waals surface area contributed by atoms with Crippen LogP contribution in [0.3, 0.4) is 0 Å². The van der Waals surface area contributed by atoms with Crippen molar-refractivity contribution in [1.29, 1.82) is 0 Å². The summed E-state index contributed by atoms with van der Waals surface area (Å²) >= 11 is 5.86. The maximum Gasteiger partial charge on any atom is 0.159 e. The fourth-order valence-corrected chi connectivity index (χ4v) is 3.89. The molecule has 2 aromatic rings. The number of imidazole rings is 1. The number of nitrogens with zero attached hydrogens (tertiary/aromatic N) is 4. The Morgan fingerprint density at radius 2 is 2.05 bits per heavy atom. The number of rotatable bonds is 6. The highest BCUT2D eigenvalue weighted by molar-refractivity contribution is 7.90. The number of hydrogen-bond acceptors (Lipinski definition) is 4. The number of alkyl halides is 1. The van der Waals surface area contributed by atoms with Crippen LogP contribution in [0.2, 0.25) is 0 Å². The first-order chi connectivity index (χ1) is 9.78. The third kappa shape index (κ3) is 3.23. The molecule has 6 nitrogen and oxygen atoms in total. The molecule has 2 rings (SSSR count). The lowest BCUT2D eigenvalue weighted by Gasteiger charge is -2.17. The molecule has 2 heterocycles. The predicted octanol–water partition coefficient (Wildman–Crippen LogP) is 1.95. The second-order valence-corrected chi connectivity index (χ2v) is 7.91. The lowest BCUT2D eigenvalue weighted by atomic mass is 10.3. The average molecular weight is 333 g/mol. The summed E-state index contributed by atoms with van der Waals surface area (Å²) in [6, 6.07) is -0.204. The van der Waals surface area contributed by atoms with E-state index in [9.17, 15) is 8.42 Å². The van der Waals surface area contributed by atoms with Gasteiger partial charge in [-0.3, -0.25) is 0 Å². The number of halogens is 1. The number of aromatic nitrogens is 4. The van der Waals surface area contributed by atoms with E-state index in [1.54, 1.807) is 0 Å². The summed E-state index contributed by atoms with van der Waals surface area (Å²) in [6.07, 6.45) is 1.86.